The number of benzene rings is 1. The lowest BCUT2D eigenvalue weighted by atomic mass is 10.1. The van der Waals surface area contributed by atoms with E-state index in [0.717, 1.165) is 18.4 Å². The molecule has 0 bridgehead atoms. The van der Waals surface area contributed by atoms with Gasteiger partial charge in [-0.25, -0.2) is 9.59 Å². The summed E-state index contributed by atoms with van der Waals surface area (Å²) in [6.45, 7) is 7.61. The van der Waals surface area contributed by atoms with Crippen LogP contribution in [0.1, 0.15) is 39.2 Å². The lowest BCUT2D eigenvalue weighted by Crippen LogP contribution is -2.41. The van der Waals surface area contributed by atoms with E-state index < -0.39 is 5.60 Å². The Hall–Kier alpha value is -2.12. The van der Waals surface area contributed by atoms with Gasteiger partial charge in [0.1, 0.15) is 18.8 Å². The summed E-state index contributed by atoms with van der Waals surface area (Å²) in [6, 6.07) is 9.63. The number of carbonyl (C=O) groups is 2. The van der Waals surface area contributed by atoms with Crippen LogP contribution in [-0.4, -0.2) is 61.6 Å². The normalized spacial score (nSPS) is 15.3. The molecule has 0 unspecified atom stereocenters. The van der Waals surface area contributed by atoms with Crippen molar-refractivity contribution in [2.24, 2.45) is 0 Å². The third kappa shape index (κ3) is 8.71. The highest BCUT2D eigenvalue weighted by Gasteiger charge is 2.24. The molecular formula is C21H31NO6. The fourth-order valence-electron chi connectivity index (χ4n) is 2.82. The van der Waals surface area contributed by atoms with Gasteiger partial charge < -0.3 is 23.8 Å². The van der Waals surface area contributed by atoms with Gasteiger partial charge >= 0.3 is 12.1 Å². The highest BCUT2D eigenvalue weighted by molar-refractivity contribution is 5.71. The molecule has 2 rings (SSSR count). The Morgan fingerprint density at radius 1 is 1.07 bits per heavy atom. The molecular weight excluding hydrogens is 362 g/mol. The van der Waals surface area contributed by atoms with Crippen LogP contribution in [0.4, 0.5) is 4.79 Å². The molecule has 156 valence electrons. The van der Waals surface area contributed by atoms with Gasteiger partial charge in [0.15, 0.2) is 0 Å². The molecule has 1 aliphatic heterocycles. The zero-order valence-corrected chi connectivity index (χ0v) is 17.0. The van der Waals surface area contributed by atoms with Crippen molar-refractivity contribution in [2.75, 3.05) is 32.9 Å². The number of nitrogens with zero attached hydrogens (tertiary/aromatic N) is 1. The van der Waals surface area contributed by atoms with Crippen molar-refractivity contribution in [2.45, 2.75) is 51.9 Å². The van der Waals surface area contributed by atoms with E-state index >= 15 is 0 Å². The second-order valence-corrected chi connectivity index (χ2v) is 7.74. The number of hydrogen-bond acceptors (Lipinski definition) is 6. The van der Waals surface area contributed by atoms with E-state index in [1.807, 2.05) is 51.1 Å². The van der Waals surface area contributed by atoms with Crippen LogP contribution in [0, 0.1) is 0 Å². The number of carbonyl (C=O) groups excluding carboxylic acids is 2. The number of hydrogen-bond donors (Lipinski definition) is 0. The molecule has 1 saturated heterocycles. The summed E-state index contributed by atoms with van der Waals surface area (Å²) in [6.07, 6.45) is 1.31. The SMILES string of the molecule is CC(C)(C)OC(=O)COCCOC1CCN(C(=O)OCc2ccccc2)CC1. The third-order valence-electron chi connectivity index (χ3n) is 4.13. The molecule has 0 aromatic heterocycles. The van der Waals surface area contributed by atoms with Gasteiger partial charge in [0.25, 0.3) is 0 Å². The molecule has 0 N–H and O–H groups in total. The Morgan fingerprint density at radius 3 is 2.39 bits per heavy atom. The minimum absolute atomic E-state index is 0.0771. The summed E-state index contributed by atoms with van der Waals surface area (Å²) in [5.41, 5.74) is 0.466. The summed E-state index contributed by atoms with van der Waals surface area (Å²) in [4.78, 5) is 25.4. The molecule has 7 nitrogen and oxygen atoms in total. The van der Waals surface area contributed by atoms with Crippen molar-refractivity contribution in [1.29, 1.82) is 0 Å². The lowest BCUT2D eigenvalue weighted by molar-refractivity contribution is -0.160. The smallest absolute Gasteiger partial charge is 0.410 e. The van der Waals surface area contributed by atoms with Gasteiger partial charge in [0, 0.05) is 13.1 Å². The molecule has 0 spiro atoms. The van der Waals surface area contributed by atoms with Crippen LogP contribution in [0.5, 0.6) is 0 Å². The van der Waals surface area contributed by atoms with Crippen molar-refractivity contribution in [3.63, 3.8) is 0 Å². The number of piperidine rings is 1. The molecule has 0 aliphatic carbocycles. The van der Waals surface area contributed by atoms with Crippen LogP contribution < -0.4 is 0 Å². The fraction of sp³-hybridized carbons (Fsp3) is 0.619. The summed E-state index contributed by atoms with van der Waals surface area (Å²) in [7, 11) is 0. The first-order valence-corrected chi connectivity index (χ1v) is 9.70. The first-order valence-electron chi connectivity index (χ1n) is 9.70. The lowest BCUT2D eigenvalue weighted by Gasteiger charge is -2.31. The largest absolute Gasteiger partial charge is 0.458 e. The standard InChI is InChI=1S/C21H31NO6/c1-21(2,3)28-19(23)16-25-13-14-26-18-9-11-22(12-10-18)20(24)27-15-17-7-5-4-6-8-17/h4-8,18H,9-16H2,1-3H3. The maximum absolute atomic E-state index is 12.1. The second kappa shape index (κ2) is 11.0. The van der Waals surface area contributed by atoms with Gasteiger partial charge in [-0.3, -0.25) is 0 Å². The molecule has 28 heavy (non-hydrogen) atoms. The van der Waals surface area contributed by atoms with E-state index in [1.165, 1.54) is 0 Å². The fourth-order valence-corrected chi connectivity index (χ4v) is 2.82. The van der Waals surface area contributed by atoms with Crippen molar-refractivity contribution in [1.82, 2.24) is 4.90 Å². The highest BCUT2D eigenvalue weighted by Crippen LogP contribution is 2.15. The maximum Gasteiger partial charge on any atom is 0.410 e. The van der Waals surface area contributed by atoms with Crippen LogP contribution >= 0.6 is 0 Å². The number of esters is 1. The minimum atomic E-state index is -0.507. The van der Waals surface area contributed by atoms with Crippen LogP contribution in [0.15, 0.2) is 30.3 Å². The van der Waals surface area contributed by atoms with E-state index in [0.29, 0.717) is 26.3 Å². The summed E-state index contributed by atoms with van der Waals surface area (Å²) < 4.78 is 21.6. The van der Waals surface area contributed by atoms with Crippen molar-refractivity contribution < 1.29 is 28.5 Å². The second-order valence-electron chi connectivity index (χ2n) is 7.74. The first kappa shape index (κ1) is 22.2. The van der Waals surface area contributed by atoms with Gasteiger partial charge in [-0.2, -0.15) is 0 Å². The molecule has 7 heteroatoms. The van der Waals surface area contributed by atoms with E-state index in [-0.39, 0.29) is 31.4 Å². The molecule has 1 aliphatic rings. The topological polar surface area (TPSA) is 74.3 Å². The monoisotopic (exact) mass is 393 g/mol. The zero-order chi connectivity index (χ0) is 20.4. The highest BCUT2D eigenvalue weighted by atomic mass is 16.6. The van der Waals surface area contributed by atoms with E-state index in [9.17, 15) is 9.59 Å². The molecule has 0 radical (unpaired) electrons. The van der Waals surface area contributed by atoms with Crippen molar-refractivity contribution >= 4 is 12.1 Å². The van der Waals surface area contributed by atoms with Crippen LogP contribution in [-0.2, 0) is 30.3 Å². The molecule has 1 amide bonds. The summed E-state index contributed by atoms with van der Waals surface area (Å²) in [5.74, 6) is -0.380. The molecule has 0 atom stereocenters. The zero-order valence-electron chi connectivity index (χ0n) is 17.0. The Morgan fingerprint density at radius 2 is 1.75 bits per heavy atom. The van der Waals surface area contributed by atoms with Crippen LogP contribution in [0.25, 0.3) is 0 Å². The van der Waals surface area contributed by atoms with Gasteiger partial charge in [-0.05, 0) is 39.2 Å². The van der Waals surface area contributed by atoms with Gasteiger partial charge in [0.2, 0.25) is 0 Å². The van der Waals surface area contributed by atoms with Gasteiger partial charge in [0.05, 0.1) is 19.3 Å². The predicted molar refractivity (Wildman–Crippen MR) is 104 cm³/mol. The number of amides is 1. The van der Waals surface area contributed by atoms with E-state index in [1.54, 1.807) is 4.90 Å². The van der Waals surface area contributed by atoms with Crippen LogP contribution in [0.2, 0.25) is 0 Å². The van der Waals surface area contributed by atoms with E-state index in [2.05, 4.69) is 0 Å². The summed E-state index contributed by atoms with van der Waals surface area (Å²) in [5, 5.41) is 0. The summed E-state index contributed by atoms with van der Waals surface area (Å²) >= 11 is 0. The first-order chi connectivity index (χ1) is 13.3. The van der Waals surface area contributed by atoms with Crippen molar-refractivity contribution in [3.05, 3.63) is 35.9 Å². The quantitative estimate of drug-likeness (QED) is 0.499. The Kier molecular flexibility index (Phi) is 8.73. The molecule has 1 aromatic carbocycles. The number of rotatable bonds is 8. The average molecular weight is 393 g/mol. The Bertz CT molecular complexity index is 605. The number of ether oxygens (including phenoxy) is 4. The van der Waals surface area contributed by atoms with Gasteiger partial charge in [-0.15, -0.1) is 0 Å². The molecule has 1 fully saturated rings. The maximum atomic E-state index is 12.1. The van der Waals surface area contributed by atoms with E-state index in [4.69, 9.17) is 18.9 Å². The average Bonchev–Trinajstić information content (AvgIpc) is 2.66. The third-order valence-corrected chi connectivity index (χ3v) is 4.13. The Labute approximate surface area is 166 Å². The molecule has 0 saturated carbocycles. The minimum Gasteiger partial charge on any atom is -0.458 e. The van der Waals surface area contributed by atoms with Crippen LogP contribution in [0.3, 0.4) is 0 Å². The van der Waals surface area contributed by atoms with Gasteiger partial charge in [-0.1, -0.05) is 30.3 Å². The van der Waals surface area contributed by atoms with Crippen molar-refractivity contribution in [3.8, 4) is 0 Å². The Balaban J connectivity index is 1.53. The molecule has 1 aromatic rings. The predicted octanol–water partition coefficient (Wildman–Crippen LogP) is 3.16. The molecule has 1 heterocycles. The number of likely N-dealkylation sites (tertiary alicyclic amines) is 1.